The summed E-state index contributed by atoms with van der Waals surface area (Å²) in [6.07, 6.45) is -4.97. The van der Waals surface area contributed by atoms with Crippen LogP contribution in [-0.2, 0) is 15.8 Å². The van der Waals surface area contributed by atoms with Gasteiger partial charge < -0.3 is 24.4 Å². The molecule has 0 saturated heterocycles. The summed E-state index contributed by atoms with van der Waals surface area (Å²) in [5, 5.41) is 13.4. The zero-order chi connectivity index (χ0) is 24.5. The largest absolute Gasteiger partial charge is 0.548 e. The van der Waals surface area contributed by atoms with E-state index in [1.165, 1.54) is 18.2 Å². The molecule has 1 amide bonds. The van der Waals surface area contributed by atoms with Crippen molar-refractivity contribution in [3.8, 4) is 16.9 Å². The lowest BCUT2D eigenvalue weighted by atomic mass is 9.96. The van der Waals surface area contributed by atoms with Crippen LogP contribution in [0.2, 0.25) is 0 Å². The fourth-order valence-corrected chi connectivity index (χ4v) is 3.52. The molecule has 0 aliphatic heterocycles. The van der Waals surface area contributed by atoms with Gasteiger partial charge in [-0.25, -0.2) is 0 Å². The van der Waals surface area contributed by atoms with Crippen molar-refractivity contribution in [1.29, 1.82) is 0 Å². The van der Waals surface area contributed by atoms with Crippen LogP contribution >= 0.6 is 0 Å². The van der Waals surface area contributed by atoms with E-state index >= 15 is 0 Å². The highest BCUT2D eigenvalue weighted by atomic mass is 19.4. The highest BCUT2D eigenvalue weighted by molar-refractivity contribution is 5.98. The maximum absolute atomic E-state index is 14.0. The predicted octanol–water partition coefficient (Wildman–Crippen LogP) is 2.88. The van der Waals surface area contributed by atoms with E-state index in [2.05, 4.69) is 0 Å². The number of benzene rings is 3. The first-order valence-electron chi connectivity index (χ1n) is 9.90. The molecule has 0 bridgehead atoms. The van der Waals surface area contributed by atoms with Crippen LogP contribution in [0.5, 0.6) is 5.75 Å². The number of fused-ring (bicyclic) bond motifs is 2. The Labute approximate surface area is 189 Å². The second kappa shape index (κ2) is 8.89. The van der Waals surface area contributed by atoms with Crippen LogP contribution in [0.3, 0.4) is 0 Å². The van der Waals surface area contributed by atoms with Gasteiger partial charge in [0.2, 0.25) is 11.2 Å². The third-order valence-electron chi connectivity index (χ3n) is 4.98. The molecule has 4 aromatic rings. The molecule has 0 radical (unpaired) electrons. The molecule has 174 valence electrons. The molecule has 4 rings (SSSR count). The number of aliphatic carboxylic acids is 1. The summed E-state index contributed by atoms with van der Waals surface area (Å²) in [4.78, 5) is 35.2. The fourth-order valence-electron chi connectivity index (χ4n) is 3.52. The van der Waals surface area contributed by atoms with Crippen molar-refractivity contribution < 1.29 is 37.0 Å². The molecule has 10 heteroatoms. The zero-order valence-electron chi connectivity index (χ0n) is 17.3. The third-order valence-corrected chi connectivity index (χ3v) is 4.98. The van der Waals surface area contributed by atoms with Crippen LogP contribution in [0, 0.1) is 0 Å². The zero-order valence-corrected chi connectivity index (χ0v) is 17.3. The van der Waals surface area contributed by atoms with Gasteiger partial charge in [-0.2, -0.15) is 13.2 Å². The molecule has 1 heterocycles. The monoisotopic (exact) mass is 470 g/mol. The van der Waals surface area contributed by atoms with E-state index in [1.54, 1.807) is 36.4 Å². The Hall–Kier alpha value is -4.34. The van der Waals surface area contributed by atoms with E-state index in [1.807, 2.05) is 5.32 Å². The molecule has 0 aliphatic rings. The molecular weight excluding hydrogens is 455 g/mol. The van der Waals surface area contributed by atoms with Crippen molar-refractivity contribution in [2.24, 2.45) is 0 Å². The number of halogens is 3. The van der Waals surface area contributed by atoms with Crippen LogP contribution in [0.4, 0.5) is 13.2 Å². The molecule has 1 aromatic heterocycles. The minimum absolute atomic E-state index is 0.0507. The average molecular weight is 470 g/mol. The van der Waals surface area contributed by atoms with E-state index in [0.717, 1.165) is 6.07 Å². The van der Waals surface area contributed by atoms with Crippen molar-refractivity contribution in [3.63, 3.8) is 0 Å². The molecule has 7 nitrogen and oxygen atoms in total. The number of carboxylic acid groups (broad SMARTS) is 1. The van der Waals surface area contributed by atoms with Gasteiger partial charge in [-0.05, 0) is 28.5 Å². The number of hydrogen-bond acceptors (Lipinski definition) is 6. The van der Waals surface area contributed by atoms with Gasteiger partial charge in [-0.3, -0.25) is 9.59 Å². The number of carboxylic acids is 1. The van der Waals surface area contributed by atoms with Crippen LogP contribution in [0.15, 0.2) is 69.9 Å². The Morgan fingerprint density at radius 3 is 2.47 bits per heavy atom. The molecule has 1 N–H and O–H groups in total. The number of alkyl halides is 3. The van der Waals surface area contributed by atoms with Crippen LogP contribution in [0.1, 0.15) is 5.76 Å². The molecule has 0 unspecified atom stereocenters. The van der Waals surface area contributed by atoms with Crippen molar-refractivity contribution in [1.82, 2.24) is 5.32 Å². The molecule has 0 saturated carbocycles. The van der Waals surface area contributed by atoms with Crippen LogP contribution in [-0.4, -0.2) is 25.0 Å². The Balaban J connectivity index is 1.80. The van der Waals surface area contributed by atoms with Gasteiger partial charge in [0.1, 0.15) is 11.3 Å². The van der Waals surface area contributed by atoms with Crippen molar-refractivity contribution in [3.05, 3.63) is 76.6 Å². The van der Waals surface area contributed by atoms with E-state index in [9.17, 15) is 32.7 Å². The quantitative estimate of drug-likeness (QED) is 0.464. The average Bonchev–Trinajstić information content (AvgIpc) is 2.80. The van der Waals surface area contributed by atoms with Crippen molar-refractivity contribution >= 4 is 33.6 Å². The minimum atomic E-state index is -4.97. The normalized spacial score (nSPS) is 11.5. The molecule has 34 heavy (non-hydrogen) atoms. The predicted molar refractivity (Wildman–Crippen MR) is 114 cm³/mol. The molecule has 0 atom stereocenters. The van der Waals surface area contributed by atoms with E-state index in [4.69, 9.17) is 9.15 Å². The van der Waals surface area contributed by atoms with Gasteiger partial charge in [0, 0.05) is 6.07 Å². The second-order valence-corrected chi connectivity index (χ2v) is 7.26. The first kappa shape index (κ1) is 22.8. The van der Waals surface area contributed by atoms with Gasteiger partial charge in [0.05, 0.1) is 23.5 Å². The Kier molecular flexibility index (Phi) is 5.97. The standard InChI is InChI=1S/C24H16F3NO6/c25-24(26,27)23-21(16-7-3-5-13-4-1-2-6-15(13)16)22(32)17-9-8-14(10-18(17)34-23)33-12-19(29)28-11-20(30)31/h1-10H,11-12H2,(H,28,29)(H,30,31)/p-1. The summed E-state index contributed by atoms with van der Waals surface area (Å²) >= 11 is 0. The van der Waals surface area contributed by atoms with E-state index in [0.29, 0.717) is 10.8 Å². The van der Waals surface area contributed by atoms with Crippen molar-refractivity contribution in [2.45, 2.75) is 6.18 Å². The second-order valence-electron chi connectivity index (χ2n) is 7.26. The highest BCUT2D eigenvalue weighted by Crippen LogP contribution is 2.39. The lowest BCUT2D eigenvalue weighted by molar-refractivity contribution is -0.304. The Morgan fingerprint density at radius 1 is 1.00 bits per heavy atom. The lowest BCUT2D eigenvalue weighted by Crippen LogP contribution is -2.39. The van der Waals surface area contributed by atoms with Gasteiger partial charge in [0.25, 0.3) is 5.91 Å². The van der Waals surface area contributed by atoms with Gasteiger partial charge in [0.15, 0.2) is 6.61 Å². The number of ether oxygens (including phenoxy) is 1. The maximum atomic E-state index is 14.0. The Morgan fingerprint density at radius 2 is 1.74 bits per heavy atom. The van der Waals surface area contributed by atoms with Gasteiger partial charge >= 0.3 is 6.18 Å². The molecule has 3 aromatic carbocycles. The molecule has 0 aliphatic carbocycles. The molecule has 0 spiro atoms. The summed E-state index contributed by atoms with van der Waals surface area (Å²) in [5.41, 5.74) is -1.77. The summed E-state index contributed by atoms with van der Waals surface area (Å²) < 4.78 is 52.3. The van der Waals surface area contributed by atoms with Crippen LogP contribution in [0.25, 0.3) is 32.9 Å². The highest BCUT2D eigenvalue weighted by Gasteiger charge is 2.39. The van der Waals surface area contributed by atoms with Gasteiger partial charge in [-0.15, -0.1) is 0 Å². The number of carbonyl (C=O) groups excluding carboxylic acids is 2. The van der Waals surface area contributed by atoms with E-state index in [-0.39, 0.29) is 22.3 Å². The summed E-state index contributed by atoms with van der Waals surface area (Å²) in [5.74, 6) is -3.79. The Bertz CT molecular complexity index is 1470. The summed E-state index contributed by atoms with van der Waals surface area (Å²) in [6, 6.07) is 15.1. The lowest BCUT2D eigenvalue weighted by Gasteiger charge is -2.15. The SMILES string of the molecule is O=C([O-])CNC(=O)COc1ccc2c(=O)c(-c3cccc4ccccc34)c(C(F)(F)F)oc2c1. The summed E-state index contributed by atoms with van der Waals surface area (Å²) in [6.45, 7) is -1.33. The van der Waals surface area contributed by atoms with Crippen molar-refractivity contribution in [2.75, 3.05) is 13.2 Å². The molecule has 0 fully saturated rings. The number of rotatable bonds is 6. The third kappa shape index (κ3) is 4.56. The topological polar surface area (TPSA) is 109 Å². The molecular formula is C24H15F3NO6-. The number of hydrogen-bond donors (Lipinski definition) is 1. The number of carbonyl (C=O) groups is 2. The summed E-state index contributed by atoms with van der Waals surface area (Å²) in [7, 11) is 0. The first-order chi connectivity index (χ1) is 16.1. The van der Waals surface area contributed by atoms with Gasteiger partial charge in [-0.1, -0.05) is 42.5 Å². The van der Waals surface area contributed by atoms with Crippen LogP contribution < -0.4 is 20.6 Å². The smallest absolute Gasteiger partial charge is 0.450 e. The minimum Gasteiger partial charge on any atom is -0.548 e. The first-order valence-corrected chi connectivity index (χ1v) is 9.90. The fraction of sp³-hybridized carbons (Fsp3) is 0.125. The maximum Gasteiger partial charge on any atom is 0.450 e. The number of amides is 1. The number of nitrogens with one attached hydrogen (secondary N) is 1. The van der Waals surface area contributed by atoms with E-state index < -0.39 is 48.0 Å².